The third-order valence-electron chi connectivity index (χ3n) is 2.83. The van der Waals surface area contributed by atoms with E-state index in [-0.39, 0.29) is 17.8 Å². The van der Waals surface area contributed by atoms with Crippen molar-refractivity contribution >= 4 is 5.78 Å². The number of carbonyl (C=O) groups is 1. The van der Waals surface area contributed by atoms with Gasteiger partial charge in [-0.1, -0.05) is 12.1 Å². The summed E-state index contributed by atoms with van der Waals surface area (Å²) in [5.41, 5.74) is 1.93. The van der Waals surface area contributed by atoms with Crippen LogP contribution in [0.5, 0.6) is 0 Å². The van der Waals surface area contributed by atoms with Gasteiger partial charge in [-0.15, -0.1) is 0 Å². The monoisotopic (exact) mass is 261 g/mol. The van der Waals surface area contributed by atoms with E-state index in [1.165, 1.54) is 13.0 Å². The molecule has 2 rings (SSSR count). The molecule has 2 aromatic rings. The molecule has 0 aliphatic carbocycles. The lowest BCUT2D eigenvalue weighted by Gasteiger charge is -2.04. The molecule has 1 heterocycles. The van der Waals surface area contributed by atoms with Crippen molar-refractivity contribution in [1.82, 2.24) is 4.98 Å². The Morgan fingerprint density at radius 1 is 1.21 bits per heavy atom. The van der Waals surface area contributed by atoms with Crippen LogP contribution in [-0.2, 0) is 6.42 Å². The molecule has 2 nitrogen and oxygen atoms in total. The molecule has 98 valence electrons. The number of rotatable bonds is 3. The number of Topliss-reactive ketones (excluding diaryl/α,β-unsaturated/α-hetero) is 1. The number of hydrogen-bond donors (Lipinski definition) is 0. The van der Waals surface area contributed by atoms with E-state index in [2.05, 4.69) is 4.98 Å². The van der Waals surface area contributed by atoms with Crippen molar-refractivity contribution in [2.24, 2.45) is 0 Å². The highest BCUT2D eigenvalue weighted by Gasteiger charge is 2.12. The van der Waals surface area contributed by atoms with E-state index in [1.807, 2.05) is 6.92 Å². The quantitative estimate of drug-likeness (QED) is 0.792. The fourth-order valence-corrected chi connectivity index (χ4v) is 1.81. The SMILES string of the molecule is Cc1ccc(C(=O)Cc2cc(C)c(F)c(F)c2)nc1. The summed E-state index contributed by atoms with van der Waals surface area (Å²) in [4.78, 5) is 16.0. The maximum absolute atomic E-state index is 13.2. The van der Waals surface area contributed by atoms with E-state index in [0.717, 1.165) is 11.6 Å². The molecule has 0 bridgehead atoms. The second-order valence-corrected chi connectivity index (χ2v) is 4.53. The molecule has 0 unspecified atom stereocenters. The largest absolute Gasteiger partial charge is 0.292 e. The predicted octanol–water partition coefficient (Wildman–Crippen LogP) is 3.40. The molecular weight excluding hydrogens is 248 g/mol. The van der Waals surface area contributed by atoms with Crippen LogP contribution in [0.3, 0.4) is 0 Å². The van der Waals surface area contributed by atoms with Gasteiger partial charge in [0.25, 0.3) is 0 Å². The lowest BCUT2D eigenvalue weighted by molar-refractivity contribution is 0.0988. The molecule has 0 aliphatic rings. The van der Waals surface area contributed by atoms with Crippen molar-refractivity contribution in [2.45, 2.75) is 20.3 Å². The van der Waals surface area contributed by atoms with Crippen LogP contribution in [0.1, 0.15) is 27.2 Å². The molecule has 19 heavy (non-hydrogen) atoms. The molecule has 0 aliphatic heterocycles. The highest BCUT2D eigenvalue weighted by molar-refractivity contribution is 5.95. The minimum absolute atomic E-state index is 0.00804. The molecule has 0 N–H and O–H groups in total. The molecule has 1 aromatic carbocycles. The Kier molecular flexibility index (Phi) is 3.69. The second-order valence-electron chi connectivity index (χ2n) is 4.53. The minimum Gasteiger partial charge on any atom is -0.292 e. The van der Waals surface area contributed by atoms with Gasteiger partial charge >= 0.3 is 0 Å². The van der Waals surface area contributed by atoms with E-state index in [1.54, 1.807) is 18.3 Å². The highest BCUT2D eigenvalue weighted by atomic mass is 19.2. The van der Waals surface area contributed by atoms with Crippen molar-refractivity contribution in [2.75, 3.05) is 0 Å². The number of carbonyl (C=O) groups excluding carboxylic acids is 1. The molecule has 4 heteroatoms. The molecule has 0 radical (unpaired) electrons. The van der Waals surface area contributed by atoms with Gasteiger partial charge in [0.1, 0.15) is 5.69 Å². The second kappa shape index (κ2) is 5.26. The Bertz CT molecular complexity index is 598. The van der Waals surface area contributed by atoms with Crippen LogP contribution in [0.15, 0.2) is 30.5 Å². The fraction of sp³-hybridized carbons (Fsp3) is 0.200. The number of benzene rings is 1. The van der Waals surface area contributed by atoms with Gasteiger partial charge in [-0.3, -0.25) is 9.78 Å². The lowest BCUT2D eigenvalue weighted by Crippen LogP contribution is -2.07. The van der Waals surface area contributed by atoms with Crippen molar-refractivity contribution < 1.29 is 13.6 Å². The summed E-state index contributed by atoms with van der Waals surface area (Å²) in [5, 5.41) is 0. The summed E-state index contributed by atoms with van der Waals surface area (Å²) in [7, 11) is 0. The van der Waals surface area contributed by atoms with Gasteiger partial charge in [-0.25, -0.2) is 8.78 Å². The topological polar surface area (TPSA) is 30.0 Å². The first kappa shape index (κ1) is 13.3. The summed E-state index contributed by atoms with van der Waals surface area (Å²) < 4.78 is 26.4. The van der Waals surface area contributed by atoms with E-state index in [9.17, 15) is 13.6 Å². The number of halogens is 2. The number of pyridine rings is 1. The van der Waals surface area contributed by atoms with Crippen LogP contribution in [0.2, 0.25) is 0 Å². The standard InChI is InChI=1S/C15H13F2NO/c1-9-3-4-13(18-8-9)14(19)7-11-5-10(2)15(17)12(16)6-11/h3-6,8H,7H2,1-2H3. The molecule has 0 spiro atoms. The minimum atomic E-state index is -0.931. The van der Waals surface area contributed by atoms with E-state index in [4.69, 9.17) is 0 Å². The van der Waals surface area contributed by atoms with Crippen molar-refractivity contribution in [3.8, 4) is 0 Å². The Balaban J connectivity index is 2.22. The van der Waals surface area contributed by atoms with Crippen LogP contribution >= 0.6 is 0 Å². The average molecular weight is 261 g/mol. The molecule has 0 fully saturated rings. The first-order valence-electron chi connectivity index (χ1n) is 5.88. The fourth-order valence-electron chi connectivity index (χ4n) is 1.81. The lowest BCUT2D eigenvalue weighted by atomic mass is 10.0. The Morgan fingerprint density at radius 2 is 1.95 bits per heavy atom. The average Bonchev–Trinajstić information content (AvgIpc) is 2.36. The van der Waals surface area contributed by atoms with E-state index >= 15 is 0 Å². The molecule has 1 aromatic heterocycles. The Hall–Kier alpha value is -2.10. The first-order chi connectivity index (χ1) is 8.97. The normalized spacial score (nSPS) is 10.5. The first-order valence-corrected chi connectivity index (χ1v) is 5.88. The highest BCUT2D eigenvalue weighted by Crippen LogP contribution is 2.15. The van der Waals surface area contributed by atoms with Crippen LogP contribution < -0.4 is 0 Å². The van der Waals surface area contributed by atoms with Gasteiger partial charge in [0, 0.05) is 12.6 Å². The van der Waals surface area contributed by atoms with Gasteiger partial charge in [-0.2, -0.15) is 0 Å². The number of hydrogen-bond acceptors (Lipinski definition) is 2. The van der Waals surface area contributed by atoms with E-state index in [0.29, 0.717) is 11.3 Å². The zero-order valence-electron chi connectivity index (χ0n) is 10.7. The zero-order valence-corrected chi connectivity index (χ0v) is 10.7. The molecule has 0 saturated carbocycles. The number of ketones is 1. The van der Waals surface area contributed by atoms with Gasteiger partial charge < -0.3 is 0 Å². The number of nitrogens with zero attached hydrogens (tertiary/aromatic N) is 1. The Labute approximate surface area is 110 Å². The molecule has 0 atom stereocenters. The third kappa shape index (κ3) is 3.02. The number of aryl methyl sites for hydroxylation is 2. The van der Waals surface area contributed by atoms with Crippen molar-refractivity contribution in [3.05, 3.63) is 64.5 Å². The van der Waals surface area contributed by atoms with Gasteiger partial charge in [0.2, 0.25) is 0 Å². The summed E-state index contributed by atoms with van der Waals surface area (Å²) in [5.74, 6) is -2.02. The van der Waals surface area contributed by atoms with Crippen molar-refractivity contribution in [1.29, 1.82) is 0 Å². The molecule has 0 amide bonds. The molecular formula is C15H13F2NO. The Morgan fingerprint density at radius 3 is 2.53 bits per heavy atom. The van der Waals surface area contributed by atoms with Crippen LogP contribution in [0.4, 0.5) is 8.78 Å². The summed E-state index contributed by atoms with van der Waals surface area (Å²) in [6, 6.07) is 5.94. The maximum Gasteiger partial charge on any atom is 0.185 e. The summed E-state index contributed by atoms with van der Waals surface area (Å²) >= 11 is 0. The van der Waals surface area contributed by atoms with Crippen LogP contribution in [0.25, 0.3) is 0 Å². The van der Waals surface area contributed by atoms with Crippen LogP contribution in [0, 0.1) is 25.5 Å². The molecule has 0 saturated heterocycles. The van der Waals surface area contributed by atoms with Gasteiger partial charge in [0.05, 0.1) is 0 Å². The van der Waals surface area contributed by atoms with E-state index < -0.39 is 11.6 Å². The summed E-state index contributed by atoms with van der Waals surface area (Å²) in [6.45, 7) is 3.34. The zero-order chi connectivity index (χ0) is 14.0. The third-order valence-corrected chi connectivity index (χ3v) is 2.83. The van der Waals surface area contributed by atoms with Gasteiger partial charge in [-0.05, 0) is 42.7 Å². The van der Waals surface area contributed by atoms with Crippen molar-refractivity contribution in [3.63, 3.8) is 0 Å². The smallest absolute Gasteiger partial charge is 0.185 e. The van der Waals surface area contributed by atoms with Gasteiger partial charge in [0.15, 0.2) is 17.4 Å². The van der Waals surface area contributed by atoms with Crippen LogP contribution in [-0.4, -0.2) is 10.8 Å². The predicted molar refractivity (Wildman–Crippen MR) is 68.1 cm³/mol. The maximum atomic E-state index is 13.2. The number of aromatic nitrogens is 1. The summed E-state index contributed by atoms with van der Waals surface area (Å²) in [6.07, 6.45) is 1.61.